The Morgan fingerprint density at radius 3 is 2.70 bits per heavy atom. The number of urea groups is 1. The highest BCUT2D eigenvalue weighted by Gasteiger charge is 2.50. The Bertz CT molecular complexity index is 418. The minimum absolute atomic E-state index is 0.221. The van der Waals surface area contributed by atoms with Crippen LogP contribution in [0.2, 0.25) is 0 Å². The number of nitrogens with zero attached hydrogens (tertiary/aromatic N) is 3. The van der Waals surface area contributed by atoms with E-state index in [1.807, 2.05) is 13.0 Å². The number of hydrogen-bond acceptors (Lipinski definition) is 3. The van der Waals surface area contributed by atoms with E-state index in [0.717, 1.165) is 0 Å². The van der Waals surface area contributed by atoms with Gasteiger partial charge in [0.1, 0.15) is 5.54 Å². The van der Waals surface area contributed by atoms with Gasteiger partial charge in [0, 0.05) is 19.6 Å². The molecule has 0 aromatic carbocycles. The van der Waals surface area contributed by atoms with Crippen LogP contribution in [0.5, 0.6) is 0 Å². The second-order valence-electron chi connectivity index (χ2n) is 5.45. The third-order valence-corrected chi connectivity index (χ3v) is 4.13. The van der Waals surface area contributed by atoms with Crippen molar-refractivity contribution in [3.63, 3.8) is 0 Å². The number of carboxylic acid groups (broad SMARTS) is 1. The van der Waals surface area contributed by atoms with Crippen molar-refractivity contribution in [3.05, 3.63) is 0 Å². The van der Waals surface area contributed by atoms with Crippen molar-refractivity contribution in [1.82, 2.24) is 9.80 Å². The Morgan fingerprint density at radius 2 is 2.20 bits per heavy atom. The first kappa shape index (κ1) is 16.3. The fourth-order valence-electron chi connectivity index (χ4n) is 2.81. The van der Waals surface area contributed by atoms with E-state index < -0.39 is 11.5 Å². The quantitative estimate of drug-likeness (QED) is 0.836. The van der Waals surface area contributed by atoms with Gasteiger partial charge in [-0.2, -0.15) is 5.26 Å². The van der Waals surface area contributed by atoms with Gasteiger partial charge in [0.15, 0.2) is 0 Å². The number of nitriles is 1. The van der Waals surface area contributed by atoms with Gasteiger partial charge >= 0.3 is 12.0 Å². The van der Waals surface area contributed by atoms with Crippen molar-refractivity contribution >= 4 is 12.0 Å². The normalized spacial score (nSPS) is 23.2. The highest BCUT2D eigenvalue weighted by atomic mass is 16.4. The van der Waals surface area contributed by atoms with Crippen LogP contribution in [-0.2, 0) is 4.79 Å². The third-order valence-electron chi connectivity index (χ3n) is 4.13. The zero-order valence-electron chi connectivity index (χ0n) is 12.4. The van der Waals surface area contributed by atoms with Crippen LogP contribution < -0.4 is 0 Å². The van der Waals surface area contributed by atoms with Crippen LogP contribution in [0.1, 0.15) is 46.0 Å². The second-order valence-corrected chi connectivity index (χ2v) is 5.45. The van der Waals surface area contributed by atoms with Gasteiger partial charge in [-0.1, -0.05) is 13.3 Å². The summed E-state index contributed by atoms with van der Waals surface area (Å²) < 4.78 is 0. The Labute approximate surface area is 120 Å². The Morgan fingerprint density at radius 1 is 1.55 bits per heavy atom. The van der Waals surface area contributed by atoms with Gasteiger partial charge in [0.05, 0.1) is 12.5 Å². The maximum absolute atomic E-state index is 12.5. The molecule has 0 bridgehead atoms. The summed E-state index contributed by atoms with van der Waals surface area (Å²) in [6.45, 7) is 4.18. The molecule has 2 unspecified atom stereocenters. The van der Waals surface area contributed by atoms with Gasteiger partial charge in [0.2, 0.25) is 0 Å². The molecule has 1 aliphatic rings. The second kappa shape index (κ2) is 6.60. The van der Waals surface area contributed by atoms with Crippen molar-refractivity contribution in [2.24, 2.45) is 0 Å². The summed E-state index contributed by atoms with van der Waals surface area (Å²) in [6.07, 6.45) is 2.63. The fraction of sp³-hybridized carbons (Fsp3) is 0.786. The van der Waals surface area contributed by atoms with E-state index in [1.165, 1.54) is 9.80 Å². The monoisotopic (exact) mass is 281 g/mol. The van der Waals surface area contributed by atoms with Crippen LogP contribution in [-0.4, -0.2) is 52.1 Å². The lowest BCUT2D eigenvalue weighted by Gasteiger charge is -2.38. The molecule has 1 aliphatic heterocycles. The summed E-state index contributed by atoms with van der Waals surface area (Å²) in [5.74, 6) is -0.925. The minimum atomic E-state index is -1.08. The number of likely N-dealkylation sites (tertiary alicyclic amines) is 1. The first-order valence-corrected chi connectivity index (χ1v) is 7.05. The van der Waals surface area contributed by atoms with Crippen LogP contribution in [0, 0.1) is 11.3 Å². The molecule has 6 nitrogen and oxygen atoms in total. The van der Waals surface area contributed by atoms with Crippen LogP contribution in [0.25, 0.3) is 0 Å². The summed E-state index contributed by atoms with van der Waals surface area (Å²) >= 11 is 0. The molecule has 1 heterocycles. The molecule has 0 saturated carbocycles. The molecule has 6 heteroatoms. The van der Waals surface area contributed by atoms with Crippen molar-refractivity contribution in [3.8, 4) is 6.07 Å². The number of aliphatic carboxylic acids is 1. The molecular weight excluding hydrogens is 258 g/mol. The van der Waals surface area contributed by atoms with Crippen LogP contribution in [0.4, 0.5) is 4.79 Å². The molecule has 2 atom stereocenters. The molecule has 1 N–H and O–H groups in total. The highest BCUT2D eigenvalue weighted by Crippen LogP contribution is 2.35. The van der Waals surface area contributed by atoms with E-state index in [0.29, 0.717) is 32.2 Å². The largest absolute Gasteiger partial charge is 0.479 e. The summed E-state index contributed by atoms with van der Waals surface area (Å²) in [4.78, 5) is 27.2. The molecule has 112 valence electrons. The van der Waals surface area contributed by atoms with E-state index in [4.69, 9.17) is 5.26 Å². The van der Waals surface area contributed by atoms with E-state index in [1.54, 1.807) is 14.0 Å². The standard InChI is InChI=1S/C14H23N3O3/c1-4-7-14(12(18)19)8-5-10-17(14)13(20)16(3)11(2)6-9-15/h11H,4-8,10H2,1-3H3,(H,18,19). The zero-order valence-corrected chi connectivity index (χ0v) is 12.4. The van der Waals surface area contributed by atoms with Crippen LogP contribution in [0.3, 0.4) is 0 Å². The lowest BCUT2D eigenvalue weighted by Crippen LogP contribution is -2.57. The van der Waals surface area contributed by atoms with E-state index in [2.05, 4.69) is 0 Å². The number of carboxylic acids is 1. The van der Waals surface area contributed by atoms with Gasteiger partial charge in [-0.15, -0.1) is 0 Å². The number of hydrogen-bond donors (Lipinski definition) is 1. The minimum Gasteiger partial charge on any atom is -0.479 e. The fourth-order valence-corrected chi connectivity index (χ4v) is 2.81. The van der Waals surface area contributed by atoms with Gasteiger partial charge in [0.25, 0.3) is 0 Å². The van der Waals surface area contributed by atoms with E-state index in [9.17, 15) is 14.7 Å². The van der Waals surface area contributed by atoms with Gasteiger partial charge in [-0.05, 0) is 26.2 Å². The maximum Gasteiger partial charge on any atom is 0.329 e. The lowest BCUT2D eigenvalue weighted by molar-refractivity contribution is -0.148. The Hall–Kier alpha value is -1.77. The summed E-state index contributed by atoms with van der Waals surface area (Å²) in [6, 6.07) is 1.52. The lowest BCUT2D eigenvalue weighted by atomic mass is 9.91. The molecular formula is C14H23N3O3. The highest BCUT2D eigenvalue weighted by molar-refractivity contribution is 5.87. The van der Waals surface area contributed by atoms with Crippen molar-refractivity contribution in [2.75, 3.05) is 13.6 Å². The molecule has 2 amide bonds. The first-order valence-electron chi connectivity index (χ1n) is 7.05. The Balaban J connectivity index is 2.95. The Kier molecular flexibility index (Phi) is 5.37. The average molecular weight is 281 g/mol. The van der Waals surface area contributed by atoms with Gasteiger partial charge < -0.3 is 14.9 Å². The molecule has 0 aromatic heterocycles. The van der Waals surface area contributed by atoms with Crippen LogP contribution >= 0.6 is 0 Å². The molecule has 0 spiro atoms. The van der Waals surface area contributed by atoms with Gasteiger partial charge in [-0.3, -0.25) is 0 Å². The summed E-state index contributed by atoms with van der Waals surface area (Å²) in [5, 5.41) is 18.3. The van der Waals surface area contributed by atoms with Crippen molar-refractivity contribution in [1.29, 1.82) is 5.26 Å². The SMILES string of the molecule is CCCC1(C(=O)O)CCCN1C(=O)N(C)C(C)CC#N. The maximum atomic E-state index is 12.5. The molecule has 0 aromatic rings. The predicted molar refractivity (Wildman–Crippen MR) is 74.1 cm³/mol. The average Bonchev–Trinajstić information content (AvgIpc) is 2.82. The van der Waals surface area contributed by atoms with E-state index >= 15 is 0 Å². The molecule has 20 heavy (non-hydrogen) atoms. The van der Waals surface area contributed by atoms with Crippen molar-refractivity contribution in [2.45, 2.75) is 57.5 Å². The molecule has 0 aliphatic carbocycles. The first-order chi connectivity index (χ1) is 9.40. The predicted octanol–water partition coefficient (Wildman–Crippen LogP) is 2.06. The third kappa shape index (κ3) is 2.87. The van der Waals surface area contributed by atoms with E-state index in [-0.39, 0.29) is 18.5 Å². The number of carbonyl (C=O) groups is 2. The summed E-state index contributed by atoms with van der Waals surface area (Å²) in [5.41, 5.74) is -1.08. The van der Waals surface area contributed by atoms with Gasteiger partial charge in [-0.25, -0.2) is 9.59 Å². The van der Waals surface area contributed by atoms with Crippen molar-refractivity contribution < 1.29 is 14.7 Å². The molecule has 1 saturated heterocycles. The number of rotatable bonds is 5. The molecule has 1 fully saturated rings. The number of carbonyl (C=O) groups excluding carboxylic acids is 1. The zero-order chi connectivity index (χ0) is 15.3. The number of amides is 2. The smallest absolute Gasteiger partial charge is 0.329 e. The van der Waals surface area contributed by atoms with Crippen LogP contribution in [0.15, 0.2) is 0 Å². The summed E-state index contributed by atoms with van der Waals surface area (Å²) in [7, 11) is 1.63. The molecule has 0 radical (unpaired) electrons. The molecule has 1 rings (SSSR count). The topological polar surface area (TPSA) is 84.6 Å².